The van der Waals surface area contributed by atoms with Gasteiger partial charge in [-0.2, -0.15) is 16.8 Å². The summed E-state index contributed by atoms with van der Waals surface area (Å²) in [4.78, 5) is 12.4. The highest BCUT2D eigenvalue weighted by atomic mass is 32.2. The van der Waals surface area contributed by atoms with Gasteiger partial charge in [-0.25, -0.2) is 4.79 Å². The summed E-state index contributed by atoms with van der Waals surface area (Å²) >= 11 is 0. The quantitative estimate of drug-likeness (QED) is 0.315. The molecule has 0 bridgehead atoms. The minimum atomic E-state index is -3.97. The number of hydrogen-bond donors (Lipinski definition) is 2. The van der Waals surface area contributed by atoms with E-state index >= 15 is 0 Å². The predicted octanol–water partition coefficient (Wildman–Crippen LogP) is 4.87. The van der Waals surface area contributed by atoms with Crippen LogP contribution in [-0.4, -0.2) is 22.9 Å². The smallest absolute Gasteiger partial charge is 0.339 e. The second kappa shape index (κ2) is 10.5. The molecule has 0 heterocycles. The normalized spacial score (nSPS) is 11.3. The fraction of sp³-hybridized carbons (Fsp3) is 0. The van der Waals surface area contributed by atoms with E-state index in [-0.39, 0.29) is 21.3 Å². The third-order valence-electron chi connectivity index (χ3n) is 4.70. The van der Waals surface area contributed by atoms with E-state index in [9.17, 15) is 21.6 Å². The van der Waals surface area contributed by atoms with Gasteiger partial charge in [-0.15, -0.1) is 0 Å². The van der Waals surface area contributed by atoms with Crippen LogP contribution in [0.25, 0.3) is 0 Å². The van der Waals surface area contributed by atoms with Gasteiger partial charge in [-0.05, 0) is 72.8 Å². The van der Waals surface area contributed by atoms with E-state index in [2.05, 4.69) is 10.6 Å². The zero-order valence-corrected chi connectivity index (χ0v) is 20.2. The Morgan fingerprint density at radius 1 is 0.500 bits per heavy atom. The Bertz CT molecular complexity index is 1420. The topological polar surface area (TPSA) is 128 Å². The van der Waals surface area contributed by atoms with E-state index in [1.54, 1.807) is 36.4 Å². The van der Waals surface area contributed by atoms with Crippen LogP contribution in [0, 0.1) is 0 Å². The van der Waals surface area contributed by atoms with Crippen LogP contribution >= 0.6 is 0 Å². The average molecular weight is 525 g/mol. The Morgan fingerprint density at radius 2 is 0.833 bits per heavy atom. The van der Waals surface area contributed by atoms with Crippen LogP contribution in [0.15, 0.2) is 119 Å². The Hall–Kier alpha value is -4.35. The van der Waals surface area contributed by atoms with Gasteiger partial charge in [-0.3, -0.25) is 0 Å². The lowest BCUT2D eigenvalue weighted by molar-refractivity contribution is 0.262. The van der Waals surface area contributed by atoms with Crippen LogP contribution in [-0.2, 0) is 20.2 Å². The summed E-state index contributed by atoms with van der Waals surface area (Å²) < 4.78 is 59.4. The van der Waals surface area contributed by atoms with Crippen LogP contribution in [0.2, 0.25) is 0 Å². The first-order valence-electron chi connectivity index (χ1n) is 10.5. The van der Waals surface area contributed by atoms with E-state index in [4.69, 9.17) is 8.37 Å². The third-order valence-corrected chi connectivity index (χ3v) is 7.22. The van der Waals surface area contributed by atoms with Gasteiger partial charge in [0.25, 0.3) is 0 Å². The molecule has 0 saturated carbocycles. The minimum Gasteiger partial charge on any atom is -0.379 e. The van der Waals surface area contributed by atoms with E-state index in [0.29, 0.717) is 11.4 Å². The number of carbonyl (C=O) groups excluding carboxylic acids is 1. The minimum absolute atomic E-state index is 0.0284. The molecule has 0 fully saturated rings. The molecule has 0 atom stereocenters. The van der Waals surface area contributed by atoms with Crippen molar-refractivity contribution >= 4 is 37.6 Å². The Morgan fingerprint density at radius 3 is 1.17 bits per heavy atom. The maximum absolute atomic E-state index is 12.3. The first-order chi connectivity index (χ1) is 17.2. The molecular formula is C25H20N2O7S2. The van der Waals surface area contributed by atoms with Crippen molar-refractivity contribution in [2.75, 3.05) is 10.6 Å². The highest BCUT2D eigenvalue weighted by molar-refractivity contribution is 7.87. The predicted molar refractivity (Wildman–Crippen MR) is 134 cm³/mol. The largest absolute Gasteiger partial charge is 0.379 e. The van der Waals surface area contributed by atoms with Crippen LogP contribution in [0.3, 0.4) is 0 Å². The molecule has 2 N–H and O–H groups in total. The molecule has 2 amide bonds. The summed E-state index contributed by atoms with van der Waals surface area (Å²) in [6, 6.07) is 26.5. The van der Waals surface area contributed by atoms with E-state index in [0.717, 1.165) is 0 Å². The Kier molecular flexibility index (Phi) is 7.23. The third kappa shape index (κ3) is 6.40. The molecule has 0 aromatic heterocycles. The van der Waals surface area contributed by atoms with E-state index < -0.39 is 26.3 Å². The van der Waals surface area contributed by atoms with Crippen molar-refractivity contribution in [3.63, 3.8) is 0 Å². The van der Waals surface area contributed by atoms with Crippen molar-refractivity contribution in [1.82, 2.24) is 0 Å². The van der Waals surface area contributed by atoms with Gasteiger partial charge in [0.2, 0.25) is 0 Å². The van der Waals surface area contributed by atoms with Crippen LogP contribution < -0.4 is 19.0 Å². The SMILES string of the molecule is O=C(Nc1ccc(OS(=O)(=O)c2ccccc2)cc1)Nc1ccc(OS(=O)(=O)c2ccccc2)cc1. The van der Waals surface area contributed by atoms with Gasteiger partial charge in [0.05, 0.1) is 0 Å². The number of anilines is 2. The van der Waals surface area contributed by atoms with Crippen molar-refractivity contribution in [3.8, 4) is 11.5 Å². The zero-order chi connectivity index (χ0) is 25.6. The van der Waals surface area contributed by atoms with Gasteiger partial charge >= 0.3 is 26.3 Å². The summed E-state index contributed by atoms with van der Waals surface area (Å²) in [6.07, 6.45) is 0. The average Bonchev–Trinajstić information content (AvgIpc) is 2.87. The number of rotatable bonds is 8. The van der Waals surface area contributed by atoms with Gasteiger partial charge in [0.15, 0.2) is 0 Å². The molecule has 4 aromatic carbocycles. The molecule has 9 nitrogen and oxygen atoms in total. The molecule has 0 aliphatic rings. The molecule has 36 heavy (non-hydrogen) atoms. The lowest BCUT2D eigenvalue weighted by atomic mass is 10.3. The van der Waals surface area contributed by atoms with Crippen molar-refractivity contribution < 1.29 is 30.0 Å². The zero-order valence-electron chi connectivity index (χ0n) is 18.6. The second-order valence-corrected chi connectivity index (χ2v) is 10.4. The first-order valence-corrected chi connectivity index (χ1v) is 13.3. The van der Waals surface area contributed by atoms with Gasteiger partial charge in [0, 0.05) is 11.4 Å². The molecular weight excluding hydrogens is 504 g/mol. The Labute approximate surface area is 208 Å². The number of nitrogens with one attached hydrogen (secondary N) is 2. The number of hydrogen-bond acceptors (Lipinski definition) is 7. The van der Waals surface area contributed by atoms with Crippen molar-refractivity contribution in [3.05, 3.63) is 109 Å². The van der Waals surface area contributed by atoms with Crippen molar-refractivity contribution in [2.45, 2.75) is 9.79 Å². The second-order valence-electron chi connectivity index (χ2n) is 7.33. The van der Waals surface area contributed by atoms with Gasteiger partial charge in [-0.1, -0.05) is 36.4 Å². The molecule has 0 unspecified atom stereocenters. The molecule has 0 aliphatic heterocycles. The first kappa shape index (κ1) is 24.8. The van der Waals surface area contributed by atoms with E-state index in [1.807, 2.05) is 0 Å². The van der Waals surface area contributed by atoms with Crippen LogP contribution in [0.1, 0.15) is 0 Å². The van der Waals surface area contributed by atoms with Crippen LogP contribution in [0.5, 0.6) is 11.5 Å². The summed E-state index contributed by atoms with van der Waals surface area (Å²) in [5, 5.41) is 5.21. The van der Waals surface area contributed by atoms with Crippen molar-refractivity contribution in [2.24, 2.45) is 0 Å². The molecule has 0 aliphatic carbocycles. The molecule has 4 rings (SSSR count). The molecule has 11 heteroatoms. The molecule has 0 radical (unpaired) electrons. The number of benzene rings is 4. The summed E-state index contributed by atoms with van der Waals surface area (Å²) in [5.74, 6) is 0.178. The fourth-order valence-corrected chi connectivity index (χ4v) is 4.91. The molecule has 0 spiro atoms. The lowest BCUT2D eigenvalue weighted by Gasteiger charge is -2.10. The van der Waals surface area contributed by atoms with Gasteiger partial charge in [0.1, 0.15) is 21.3 Å². The number of amides is 2. The molecule has 184 valence electrons. The highest BCUT2D eigenvalue weighted by Crippen LogP contribution is 2.23. The monoisotopic (exact) mass is 524 g/mol. The highest BCUT2D eigenvalue weighted by Gasteiger charge is 2.17. The molecule has 4 aromatic rings. The van der Waals surface area contributed by atoms with Gasteiger partial charge < -0.3 is 19.0 Å². The number of carbonyl (C=O) groups is 1. The van der Waals surface area contributed by atoms with E-state index in [1.165, 1.54) is 72.8 Å². The lowest BCUT2D eigenvalue weighted by Crippen LogP contribution is -2.19. The maximum atomic E-state index is 12.3. The maximum Gasteiger partial charge on any atom is 0.339 e. The summed E-state index contributed by atoms with van der Waals surface area (Å²) in [7, 11) is -7.94. The fourth-order valence-electron chi connectivity index (χ4n) is 3.00. The standard InChI is InChI=1S/C25H20N2O7S2/c28-25(26-19-11-15-21(16-12-19)33-35(29,30)23-7-3-1-4-8-23)27-20-13-17-22(18-14-20)34-36(31,32)24-9-5-2-6-10-24/h1-18H,(H2,26,27,28). The van der Waals surface area contributed by atoms with Crippen molar-refractivity contribution in [1.29, 1.82) is 0 Å². The Balaban J connectivity index is 1.32. The van der Waals surface area contributed by atoms with Crippen LogP contribution in [0.4, 0.5) is 16.2 Å². The summed E-state index contributed by atoms with van der Waals surface area (Å²) in [5.41, 5.74) is 0.789. The number of urea groups is 1. The summed E-state index contributed by atoms with van der Waals surface area (Å²) in [6.45, 7) is 0. The molecule has 0 saturated heterocycles.